The number of ether oxygens (including phenoxy) is 2. The molecule has 36 heavy (non-hydrogen) atoms. The van der Waals surface area contributed by atoms with Crippen molar-refractivity contribution >= 4 is 62.5 Å². The Balaban J connectivity index is 1.37. The van der Waals surface area contributed by atoms with Crippen LogP contribution in [0.2, 0.25) is 5.02 Å². The third-order valence-corrected chi connectivity index (χ3v) is 7.69. The molecule has 7 nitrogen and oxygen atoms in total. The number of amides is 2. The zero-order valence-corrected chi connectivity index (χ0v) is 21.3. The summed E-state index contributed by atoms with van der Waals surface area (Å²) in [6.45, 7) is 1.13. The van der Waals surface area contributed by atoms with Crippen LogP contribution in [0.1, 0.15) is 19.3 Å². The molecule has 0 bridgehead atoms. The topological polar surface area (TPSA) is 80.2 Å². The van der Waals surface area contributed by atoms with Gasteiger partial charge in [0.05, 0.1) is 30.5 Å². The van der Waals surface area contributed by atoms with Crippen LogP contribution >= 0.6 is 23.4 Å². The first-order valence-electron chi connectivity index (χ1n) is 11.8. The van der Waals surface area contributed by atoms with E-state index in [-0.39, 0.29) is 24.3 Å². The van der Waals surface area contributed by atoms with Crippen LogP contribution in [-0.2, 0) is 14.3 Å². The summed E-state index contributed by atoms with van der Waals surface area (Å²) < 4.78 is 11.0. The fourth-order valence-corrected chi connectivity index (χ4v) is 5.84. The van der Waals surface area contributed by atoms with Crippen molar-refractivity contribution in [2.24, 2.45) is 4.99 Å². The highest BCUT2D eigenvalue weighted by Gasteiger charge is 2.40. The van der Waals surface area contributed by atoms with Gasteiger partial charge in [-0.05, 0) is 42.5 Å². The van der Waals surface area contributed by atoms with Gasteiger partial charge in [-0.1, -0.05) is 59.8 Å². The summed E-state index contributed by atoms with van der Waals surface area (Å²) in [5.74, 6) is 0.123. The van der Waals surface area contributed by atoms with E-state index in [2.05, 4.69) is 5.32 Å². The number of anilines is 1. The number of fused-ring (bicyclic) bond motifs is 1. The maximum atomic E-state index is 13.4. The monoisotopic (exact) mass is 523 g/mol. The second-order valence-corrected chi connectivity index (χ2v) is 10.3. The Hall–Kier alpha value is -3.07. The van der Waals surface area contributed by atoms with Gasteiger partial charge in [-0.3, -0.25) is 14.5 Å². The fourth-order valence-electron chi connectivity index (χ4n) is 4.42. The Bertz CT molecular complexity index is 1320. The SMILES string of the molecule is COc1ccc(NC(=O)C[C@H]2SC(=Nc3cccc4ccccc34)N(C[C@@H]3CCCO3)C2=O)cc1Cl. The van der Waals surface area contributed by atoms with Crippen LogP contribution in [0, 0.1) is 0 Å². The molecule has 3 aromatic carbocycles. The highest BCUT2D eigenvalue weighted by atomic mass is 35.5. The maximum absolute atomic E-state index is 13.4. The minimum absolute atomic E-state index is 0.0176. The Morgan fingerprint density at radius 3 is 2.83 bits per heavy atom. The largest absolute Gasteiger partial charge is 0.495 e. The minimum atomic E-state index is -0.575. The van der Waals surface area contributed by atoms with Gasteiger partial charge in [0, 0.05) is 24.1 Å². The number of nitrogens with zero attached hydrogens (tertiary/aromatic N) is 2. The fraction of sp³-hybridized carbons (Fsp3) is 0.296. The lowest BCUT2D eigenvalue weighted by molar-refractivity contribution is -0.129. The van der Waals surface area contributed by atoms with Crippen LogP contribution in [0.4, 0.5) is 11.4 Å². The summed E-state index contributed by atoms with van der Waals surface area (Å²) in [4.78, 5) is 32.9. The van der Waals surface area contributed by atoms with E-state index >= 15 is 0 Å². The number of nitrogens with one attached hydrogen (secondary N) is 1. The minimum Gasteiger partial charge on any atom is -0.495 e. The normalized spacial score (nSPS) is 20.9. The van der Waals surface area contributed by atoms with Crippen molar-refractivity contribution in [3.05, 3.63) is 65.7 Å². The van der Waals surface area contributed by atoms with Crippen molar-refractivity contribution < 1.29 is 19.1 Å². The molecular formula is C27H26ClN3O4S. The van der Waals surface area contributed by atoms with E-state index in [1.165, 1.54) is 18.9 Å². The number of amidine groups is 1. The number of halogens is 1. The molecule has 2 heterocycles. The van der Waals surface area contributed by atoms with Crippen molar-refractivity contribution in [3.63, 3.8) is 0 Å². The maximum Gasteiger partial charge on any atom is 0.242 e. The Labute approximate surface area is 218 Å². The summed E-state index contributed by atoms with van der Waals surface area (Å²) >= 11 is 7.50. The van der Waals surface area contributed by atoms with Crippen LogP contribution in [0.25, 0.3) is 10.8 Å². The molecular weight excluding hydrogens is 498 g/mol. The molecule has 0 aliphatic carbocycles. The van der Waals surface area contributed by atoms with Gasteiger partial charge in [-0.15, -0.1) is 0 Å². The summed E-state index contributed by atoms with van der Waals surface area (Å²) in [5.41, 5.74) is 1.33. The van der Waals surface area contributed by atoms with Crippen molar-refractivity contribution in [3.8, 4) is 5.75 Å². The van der Waals surface area contributed by atoms with Crippen molar-refractivity contribution in [1.29, 1.82) is 0 Å². The van der Waals surface area contributed by atoms with Gasteiger partial charge in [0.15, 0.2) is 5.17 Å². The van der Waals surface area contributed by atoms with Crippen LogP contribution in [-0.4, -0.2) is 53.5 Å². The van der Waals surface area contributed by atoms with E-state index in [0.717, 1.165) is 29.3 Å². The van der Waals surface area contributed by atoms with Gasteiger partial charge in [0.25, 0.3) is 0 Å². The number of benzene rings is 3. The number of rotatable bonds is 7. The predicted molar refractivity (Wildman–Crippen MR) is 144 cm³/mol. The number of aliphatic imine (C=N–C) groups is 1. The van der Waals surface area contributed by atoms with Crippen molar-refractivity contribution in [2.75, 3.05) is 25.6 Å². The van der Waals surface area contributed by atoms with Gasteiger partial charge in [-0.2, -0.15) is 0 Å². The molecule has 2 aliphatic heterocycles. The van der Waals surface area contributed by atoms with E-state index in [9.17, 15) is 9.59 Å². The average Bonchev–Trinajstić information content (AvgIpc) is 3.49. The molecule has 2 fully saturated rings. The molecule has 186 valence electrons. The molecule has 0 aromatic heterocycles. The molecule has 0 spiro atoms. The number of carbonyl (C=O) groups is 2. The summed E-state index contributed by atoms with van der Waals surface area (Å²) in [6, 6.07) is 19.0. The lowest BCUT2D eigenvalue weighted by Crippen LogP contribution is -2.38. The molecule has 2 aliphatic rings. The third-order valence-electron chi connectivity index (χ3n) is 6.22. The first-order valence-corrected chi connectivity index (χ1v) is 13.1. The average molecular weight is 524 g/mol. The molecule has 5 rings (SSSR count). The van der Waals surface area contributed by atoms with Crippen molar-refractivity contribution in [1.82, 2.24) is 4.90 Å². The van der Waals surface area contributed by atoms with Crippen molar-refractivity contribution in [2.45, 2.75) is 30.6 Å². The number of hydrogen-bond acceptors (Lipinski definition) is 6. The first kappa shape index (κ1) is 24.6. The summed E-state index contributed by atoms with van der Waals surface area (Å²) in [5, 5.41) is 5.33. The molecule has 2 atom stereocenters. The molecule has 2 amide bonds. The first-order chi connectivity index (χ1) is 17.5. The number of methoxy groups -OCH3 is 1. The van der Waals surface area contributed by atoms with Gasteiger partial charge in [-0.25, -0.2) is 4.99 Å². The second kappa shape index (κ2) is 10.9. The van der Waals surface area contributed by atoms with Gasteiger partial charge < -0.3 is 14.8 Å². The molecule has 0 radical (unpaired) electrons. The summed E-state index contributed by atoms with van der Waals surface area (Å²) in [7, 11) is 1.53. The zero-order chi connectivity index (χ0) is 25.1. The number of thioether (sulfide) groups is 1. The lowest BCUT2D eigenvalue weighted by atomic mass is 10.1. The van der Waals surface area contributed by atoms with Gasteiger partial charge >= 0.3 is 0 Å². The van der Waals surface area contributed by atoms with E-state index in [1.807, 2.05) is 42.5 Å². The molecule has 0 saturated carbocycles. The summed E-state index contributed by atoms with van der Waals surface area (Å²) in [6.07, 6.45) is 1.87. The van der Waals surface area contributed by atoms with E-state index in [4.69, 9.17) is 26.1 Å². The van der Waals surface area contributed by atoms with Crippen LogP contribution in [0.5, 0.6) is 5.75 Å². The molecule has 2 saturated heterocycles. The number of carbonyl (C=O) groups excluding carboxylic acids is 2. The lowest BCUT2D eigenvalue weighted by Gasteiger charge is -2.20. The second-order valence-electron chi connectivity index (χ2n) is 8.68. The van der Waals surface area contributed by atoms with Crippen LogP contribution in [0.3, 0.4) is 0 Å². The van der Waals surface area contributed by atoms with E-state index in [0.29, 0.717) is 34.8 Å². The Morgan fingerprint density at radius 1 is 1.22 bits per heavy atom. The zero-order valence-electron chi connectivity index (χ0n) is 19.8. The van der Waals surface area contributed by atoms with Gasteiger partial charge in [0.1, 0.15) is 11.0 Å². The standard InChI is InChI=1S/C27H26ClN3O4S/c1-34-23-12-11-18(14-21(23)28)29-25(32)15-24-26(33)31(16-19-8-5-13-35-19)27(36-24)30-22-10-4-7-17-6-2-3-9-20(17)22/h2-4,6-7,9-12,14,19,24H,5,8,13,15-16H2,1H3,(H,29,32)/t19-,24+/m0/s1. The highest BCUT2D eigenvalue weighted by Crippen LogP contribution is 2.35. The molecule has 0 unspecified atom stereocenters. The third kappa shape index (κ3) is 5.36. The molecule has 1 N–H and O–H groups in total. The van der Waals surface area contributed by atoms with Crippen LogP contribution < -0.4 is 10.1 Å². The number of hydrogen-bond donors (Lipinski definition) is 1. The molecule has 3 aromatic rings. The Morgan fingerprint density at radius 2 is 2.06 bits per heavy atom. The van der Waals surface area contributed by atoms with Crippen LogP contribution in [0.15, 0.2) is 65.7 Å². The quantitative estimate of drug-likeness (QED) is 0.433. The van der Waals surface area contributed by atoms with E-state index in [1.54, 1.807) is 23.1 Å². The highest BCUT2D eigenvalue weighted by molar-refractivity contribution is 8.15. The smallest absolute Gasteiger partial charge is 0.242 e. The molecule has 9 heteroatoms. The Kier molecular flexibility index (Phi) is 7.46. The van der Waals surface area contributed by atoms with E-state index < -0.39 is 5.25 Å². The predicted octanol–water partition coefficient (Wildman–Crippen LogP) is 5.64. The van der Waals surface area contributed by atoms with Gasteiger partial charge in [0.2, 0.25) is 11.8 Å².